The summed E-state index contributed by atoms with van der Waals surface area (Å²) < 4.78 is 29.1. The fourth-order valence-electron chi connectivity index (χ4n) is 2.91. The summed E-state index contributed by atoms with van der Waals surface area (Å²) in [6.45, 7) is 1.87. The first-order valence-corrected chi connectivity index (χ1v) is 13.3. The SMILES string of the molecule is Cc1ccc(S(=O)(=O)N/C(C(=O)Nc2nccs2)=C(\Sc2ccccn2)c2ccccc2)cc1. The van der Waals surface area contributed by atoms with Crippen LogP contribution in [-0.2, 0) is 14.8 Å². The quantitative estimate of drug-likeness (QED) is 0.259. The Kier molecular flexibility index (Phi) is 7.41. The number of aryl methyl sites for hydroxylation is 1. The van der Waals surface area contributed by atoms with Gasteiger partial charge in [0.1, 0.15) is 10.7 Å². The molecule has 10 heteroatoms. The molecule has 0 radical (unpaired) electrons. The lowest BCUT2D eigenvalue weighted by Crippen LogP contribution is -2.31. The molecular formula is C24H20N4O3S3. The molecule has 4 aromatic rings. The van der Waals surface area contributed by atoms with E-state index in [-0.39, 0.29) is 10.6 Å². The predicted octanol–water partition coefficient (Wildman–Crippen LogP) is 4.92. The van der Waals surface area contributed by atoms with Gasteiger partial charge in [-0.25, -0.2) is 18.4 Å². The van der Waals surface area contributed by atoms with Gasteiger partial charge in [-0.05, 0) is 36.8 Å². The maximum absolute atomic E-state index is 13.4. The van der Waals surface area contributed by atoms with Crippen molar-refractivity contribution in [3.63, 3.8) is 0 Å². The van der Waals surface area contributed by atoms with Crippen molar-refractivity contribution in [3.05, 3.63) is 107 Å². The van der Waals surface area contributed by atoms with Crippen molar-refractivity contribution in [2.45, 2.75) is 16.8 Å². The average molecular weight is 509 g/mol. The number of benzene rings is 2. The highest BCUT2D eigenvalue weighted by molar-refractivity contribution is 8.08. The van der Waals surface area contributed by atoms with Crippen LogP contribution in [0.1, 0.15) is 11.1 Å². The summed E-state index contributed by atoms with van der Waals surface area (Å²) in [4.78, 5) is 22.3. The topological polar surface area (TPSA) is 101 Å². The molecular weight excluding hydrogens is 488 g/mol. The highest BCUT2D eigenvalue weighted by Gasteiger charge is 2.25. The molecule has 172 valence electrons. The molecule has 0 bridgehead atoms. The fourth-order valence-corrected chi connectivity index (χ4v) is 5.54. The van der Waals surface area contributed by atoms with Gasteiger partial charge in [-0.2, -0.15) is 0 Å². The Morgan fingerprint density at radius 1 is 0.912 bits per heavy atom. The molecule has 34 heavy (non-hydrogen) atoms. The number of sulfonamides is 1. The smallest absolute Gasteiger partial charge is 0.275 e. The number of thioether (sulfide) groups is 1. The molecule has 0 aliphatic heterocycles. The van der Waals surface area contributed by atoms with Gasteiger partial charge in [-0.1, -0.05) is 65.9 Å². The van der Waals surface area contributed by atoms with E-state index in [4.69, 9.17) is 0 Å². The van der Waals surface area contributed by atoms with Crippen LogP contribution in [-0.4, -0.2) is 24.3 Å². The first-order chi connectivity index (χ1) is 16.4. The molecule has 0 atom stereocenters. The summed E-state index contributed by atoms with van der Waals surface area (Å²) >= 11 is 2.43. The fraction of sp³-hybridized carbons (Fsp3) is 0.0417. The van der Waals surface area contributed by atoms with Crippen LogP contribution in [0.2, 0.25) is 0 Å². The van der Waals surface area contributed by atoms with Gasteiger partial charge < -0.3 is 0 Å². The van der Waals surface area contributed by atoms with Crippen LogP contribution in [0.4, 0.5) is 5.13 Å². The standard InChI is InChI=1S/C24H20N4O3S3/c1-17-10-12-19(13-11-17)34(30,31)28-21(23(29)27-24-26-15-16-32-24)22(18-7-3-2-4-8-18)33-20-9-5-6-14-25-20/h2-16,28H,1H3,(H,26,27,29)/b22-21-. The number of amides is 1. The number of carbonyl (C=O) groups excluding carboxylic acids is 1. The molecule has 0 saturated heterocycles. The van der Waals surface area contributed by atoms with Gasteiger partial charge in [0.2, 0.25) is 0 Å². The highest BCUT2D eigenvalue weighted by atomic mass is 32.2. The van der Waals surface area contributed by atoms with Crippen LogP contribution < -0.4 is 10.0 Å². The molecule has 4 rings (SSSR count). The number of thiazole rings is 1. The van der Waals surface area contributed by atoms with Crippen LogP contribution in [0.3, 0.4) is 0 Å². The van der Waals surface area contributed by atoms with Crippen molar-refractivity contribution in [1.82, 2.24) is 14.7 Å². The molecule has 0 saturated carbocycles. The van der Waals surface area contributed by atoms with Crippen LogP contribution in [0.5, 0.6) is 0 Å². The van der Waals surface area contributed by atoms with Crippen molar-refractivity contribution in [1.29, 1.82) is 0 Å². The number of rotatable bonds is 8. The lowest BCUT2D eigenvalue weighted by Gasteiger charge is -2.17. The number of aromatic nitrogens is 2. The van der Waals surface area contributed by atoms with Crippen molar-refractivity contribution in [2.75, 3.05) is 5.32 Å². The van der Waals surface area contributed by atoms with E-state index >= 15 is 0 Å². The minimum Gasteiger partial charge on any atom is -0.297 e. The molecule has 1 amide bonds. The Hall–Kier alpha value is -3.47. The lowest BCUT2D eigenvalue weighted by molar-refractivity contribution is -0.113. The minimum absolute atomic E-state index is 0.0490. The third-order valence-corrected chi connectivity index (χ3v) is 7.70. The summed E-state index contributed by atoms with van der Waals surface area (Å²) in [5.41, 5.74) is 1.46. The molecule has 0 aliphatic carbocycles. The summed E-state index contributed by atoms with van der Waals surface area (Å²) in [7, 11) is -4.06. The maximum atomic E-state index is 13.4. The lowest BCUT2D eigenvalue weighted by atomic mass is 10.2. The number of nitrogens with one attached hydrogen (secondary N) is 2. The van der Waals surface area contributed by atoms with E-state index in [0.29, 0.717) is 20.6 Å². The molecule has 2 heterocycles. The van der Waals surface area contributed by atoms with E-state index in [2.05, 4.69) is 20.0 Å². The largest absolute Gasteiger partial charge is 0.297 e. The second-order valence-electron chi connectivity index (χ2n) is 7.05. The van der Waals surface area contributed by atoms with Crippen LogP contribution >= 0.6 is 23.1 Å². The molecule has 2 N–H and O–H groups in total. The zero-order valence-corrected chi connectivity index (χ0v) is 20.5. The first-order valence-electron chi connectivity index (χ1n) is 10.1. The Balaban J connectivity index is 1.84. The van der Waals surface area contributed by atoms with Crippen molar-refractivity contribution in [2.24, 2.45) is 0 Å². The van der Waals surface area contributed by atoms with Crippen molar-refractivity contribution >= 4 is 49.1 Å². The van der Waals surface area contributed by atoms with E-state index < -0.39 is 15.9 Å². The van der Waals surface area contributed by atoms with E-state index in [1.165, 1.54) is 35.2 Å². The van der Waals surface area contributed by atoms with Gasteiger partial charge in [0.05, 0.1) is 9.80 Å². The number of carbonyl (C=O) groups is 1. The highest BCUT2D eigenvalue weighted by Crippen LogP contribution is 2.36. The van der Waals surface area contributed by atoms with Gasteiger partial charge >= 0.3 is 0 Å². The van der Waals surface area contributed by atoms with Gasteiger partial charge in [-0.3, -0.25) is 14.8 Å². The normalized spacial score (nSPS) is 12.0. The van der Waals surface area contributed by atoms with Crippen LogP contribution in [0.25, 0.3) is 4.91 Å². The molecule has 7 nitrogen and oxygen atoms in total. The third-order valence-electron chi connectivity index (χ3n) is 4.55. The molecule has 0 unspecified atom stereocenters. The Morgan fingerprint density at radius 2 is 1.65 bits per heavy atom. The number of pyridine rings is 1. The molecule has 2 aromatic heterocycles. The van der Waals surface area contributed by atoms with E-state index in [1.54, 1.807) is 42.0 Å². The number of hydrogen-bond acceptors (Lipinski definition) is 7. The van der Waals surface area contributed by atoms with Gasteiger partial charge in [0.15, 0.2) is 5.13 Å². The number of hydrogen-bond donors (Lipinski definition) is 2. The van der Waals surface area contributed by atoms with Crippen molar-refractivity contribution < 1.29 is 13.2 Å². The predicted molar refractivity (Wildman–Crippen MR) is 136 cm³/mol. The summed E-state index contributed by atoms with van der Waals surface area (Å²) in [5.74, 6) is -0.632. The zero-order chi connectivity index (χ0) is 24.0. The van der Waals surface area contributed by atoms with Crippen LogP contribution in [0, 0.1) is 6.92 Å². The average Bonchev–Trinajstić information content (AvgIpc) is 3.36. The Labute approximate surface area is 206 Å². The van der Waals surface area contributed by atoms with E-state index in [9.17, 15) is 13.2 Å². The third kappa shape index (κ3) is 5.90. The van der Waals surface area contributed by atoms with Gasteiger partial charge in [0, 0.05) is 17.8 Å². The zero-order valence-electron chi connectivity index (χ0n) is 18.0. The molecule has 0 spiro atoms. The number of anilines is 1. The van der Waals surface area contributed by atoms with Crippen LogP contribution in [0.15, 0.2) is 106 Å². The Bertz CT molecular complexity index is 1390. The second-order valence-corrected chi connectivity index (χ2v) is 10.7. The monoisotopic (exact) mass is 508 g/mol. The van der Waals surface area contributed by atoms with Gasteiger partial charge in [0.25, 0.3) is 15.9 Å². The van der Waals surface area contributed by atoms with E-state index in [0.717, 1.165) is 5.56 Å². The first kappa shape index (κ1) is 23.7. The number of nitrogens with zero attached hydrogens (tertiary/aromatic N) is 2. The molecule has 0 fully saturated rings. The molecule has 0 aliphatic rings. The van der Waals surface area contributed by atoms with Gasteiger partial charge in [-0.15, -0.1) is 11.3 Å². The summed E-state index contributed by atoms with van der Waals surface area (Å²) in [6.07, 6.45) is 3.19. The second kappa shape index (κ2) is 10.6. The maximum Gasteiger partial charge on any atom is 0.275 e. The van der Waals surface area contributed by atoms with E-state index in [1.807, 2.05) is 43.3 Å². The Morgan fingerprint density at radius 3 is 2.29 bits per heavy atom. The minimum atomic E-state index is -4.06. The summed E-state index contributed by atoms with van der Waals surface area (Å²) in [6, 6.07) is 20.9. The van der Waals surface area contributed by atoms with Crippen molar-refractivity contribution in [3.8, 4) is 0 Å². The molecule has 2 aromatic carbocycles. The summed E-state index contributed by atoms with van der Waals surface area (Å²) in [5, 5.41) is 5.37.